The molecule has 2 aliphatic heterocycles. The van der Waals surface area contributed by atoms with Crippen molar-refractivity contribution >= 4 is 56.2 Å². The lowest BCUT2D eigenvalue weighted by Crippen LogP contribution is -2.33. The quantitative estimate of drug-likeness (QED) is 0.236. The van der Waals surface area contributed by atoms with E-state index in [4.69, 9.17) is 28.8 Å². The van der Waals surface area contributed by atoms with Crippen molar-refractivity contribution < 1.29 is 0 Å². The van der Waals surface area contributed by atoms with Crippen LogP contribution in [0.3, 0.4) is 0 Å². The summed E-state index contributed by atoms with van der Waals surface area (Å²) in [5.41, 5.74) is 5.19. The smallest absolute Gasteiger partial charge is 0.174 e. The first-order chi connectivity index (χ1) is 18.5. The van der Waals surface area contributed by atoms with Crippen molar-refractivity contribution in [2.75, 3.05) is 22.9 Å². The Morgan fingerprint density at radius 1 is 0.974 bits per heavy atom. The molecule has 2 aromatic heterocycles. The number of piperidine rings is 1. The van der Waals surface area contributed by atoms with Gasteiger partial charge in [0.25, 0.3) is 0 Å². The van der Waals surface area contributed by atoms with Crippen LogP contribution in [0.15, 0.2) is 89.7 Å². The molecular weight excluding hydrogens is 578 g/mol. The maximum absolute atomic E-state index is 6.94. The monoisotopic (exact) mass is 605 g/mol. The van der Waals surface area contributed by atoms with E-state index in [1.54, 1.807) is 0 Å². The number of aromatic nitrogens is 2. The molecule has 5 nitrogen and oxygen atoms in total. The van der Waals surface area contributed by atoms with Crippen LogP contribution in [0.1, 0.15) is 43.2 Å². The van der Waals surface area contributed by atoms with Crippen LogP contribution in [0, 0.1) is 5.92 Å². The van der Waals surface area contributed by atoms with Crippen LogP contribution < -0.4 is 15.1 Å². The highest BCUT2D eigenvalue weighted by Gasteiger charge is 2.42. The zero-order valence-corrected chi connectivity index (χ0v) is 24.3. The summed E-state index contributed by atoms with van der Waals surface area (Å²) in [5.74, 6) is 0.767. The molecule has 2 aliphatic rings. The number of halogens is 2. The molecule has 2 aromatic carbocycles. The molecule has 0 spiro atoms. The number of rotatable bonds is 5. The second-order valence-corrected chi connectivity index (χ2v) is 11.8. The molecule has 38 heavy (non-hydrogen) atoms. The molecule has 2 saturated heterocycles. The summed E-state index contributed by atoms with van der Waals surface area (Å²) >= 11 is 16.5. The van der Waals surface area contributed by atoms with Crippen molar-refractivity contribution in [2.24, 2.45) is 5.92 Å². The summed E-state index contributed by atoms with van der Waals surface area (Å²) in [6.07, 6.45) is 6.32. The van der Waals surface area contributed by atoms with E-state index in [0.717, 1.165) is 57.0 Å². The molecule has 0 aliphatic carbocycles. The van der Waals surface area contributed by atoms with E-state index in [-0.39, 0.29) is 12.1 Å². The Morgan fingerprint density at radius 2 is 1.74 bits per heavy atom. The summed E-state index contributed by atoms with van der Waals surface area (Å²) in [7, 11) is 0. The van der Waals surface area contributed by atoms with E-state index in [1.165, 1.54) is 12.8 Å². The van der Waals surface area contributed by atoms with Crippen LogP contribution in [-0.4, -0.2) is 27.8 Å². The molecule has 194 valence electrons. The predicted molar refractivity (Wildman–Crippen MR) is 163 cm³/mol. The molecule has 4 heterocycles. The van der Waals surface area contributed by atoms with E-state index in [0.29, 0.717) is 5.11 Å². The Labute approximate surface area is 242 Å². The van der Waals surface area contributed by atoms with Crippen LogP contribution in [0.5, 0.6) is 0 Å². The van der Waals surface area contributed by atoms with Crippen LogP contribution in [0.2, 0.25) is 5.02 Å². The van der Waals surface area contributed by atoms with Gasteiger partial charge in [-0.05, 0) is 97.7 Å². The second kappa shape index (κ2) is 10.7. The van der Waals surface area contributed by atoms with Gasteiger partial charge in [0.15, 0.2) is 5.11 Å². The molecule has 0 bridgehead atoms. The largest absolute Gasteiger partial charge is 0.370 e. The molecule has 0 unspecified atom stereocenters. The SMILES string of the molecule is CC1CCN(c2ccc(N3C(=S)N[C@@H](c4ccccn4)[C@@H]3c3cccn3-c3ccc(Br)cc3)cc2Cl)CC1. The zero-order chi connectivity index (χ0) is 26.2. The van der Waals surface area contributed by atoms with Crippen molar-refractivity contribution in [3.8, 4) is 5.69 Å². The Morgan fingerprint density at radius 3 is 2.45 bits per heavy atom. The molecule has 6 rings (SSSR count). The number of hydrogen-bond acceptors (Lipinski definition) is 3. The predicted octanol–water partition coefficient (Wildman–Crippen LogP) is 7.70. The van der Waals surface area contributed by atoms with Gasteiger partial charge >= 0.3 is 0 Å². The first-order valence-electron chi connectivity index (χ1n) is 13.0. The second-order valence-electron chi connectivity index (χ2n) is 10.1. The lowest BCUT2D eigenvalue weighted by atomic mass is 9.98. The molecule has 0 amide bonds. The third kappa shape index (κ3) is 4.83. The molecule has 0 radical (unpaired) electrons. The van der Waals surface area contributed by atoms with Gasteiger partial charge in [-0.2, -0.15) is 0 Å². The van der Waals surface area contributed by atoms with Gasteiger partial charge in [-0.15, -0.1) is 0 Å². The maximum atomic E-state index is 6.94. The number of hydrogen-bond donors (Lipinski definition) is 1. The molecule has 2 fully saturated rings. The van der Waals surface area contributed by atoms with Gasteiger partial charge in [0.1, 0.15) is 6.04 Å². The molecule has 8 heteroatoms. The van der Waals surface area contributed by atoms with E-state index in [9.17, 15) is 0 Å². The zero-order valence-electron chi connectivity index (χ0n) is 21.1. The molecule has 1 N–H and O–H groups in total. The van der Waals surface area contributed by atoms with Gasteiger partial charge < -0.3 is 19.7 Å². The number of nitrogens with zero attached hydrogens (tertiary/aromatic N) is 4. The first kappa shape index (κ1) is 25.4. The fraction of sp³-hybridized carbons (Fsp3) is 0.267. The normalized spacial score (nSPS) is 20.1. The van der Waals surface area contributed by atoms with Gasteiger partial charge in [0.05, 0.1) is 22.4 Å². The minimum absolute atomic E-state index is 0.130. The molecule has 0 saturated carbocycles. The third-order valence-electron chi connectivity index (χ3n) is 7.62. The van der Waals surface area contributed by atoms with Crippen molar-refractivity contribution in [1.82, 2.24) is 14.9 Å². The summed E-state index contributed by atoms with van der Waals surface area (Å²) < 4.78 is 3.27. The highest BCUT2D eigenvalue weighted by Crippen LogP contribution is 2.44. The van der Waals surface area contributed by atoms with Crippen molar-refractivity contribution in [3.05, 3.63) is 106 Å². The van der Waals surface area contributed by atoms with Gasteiger partial charge in [-0.3, -0.25) is 4.98 Å². The number of anilines is 2. The highest BCUT2D eigenvalue weighted by atomic mass is 79.9. The van der Waals surface area contributed by atoms with E-state index >= 15 is 0 Å². The van der Waals surface area contributed by atoms with Crippen molar-refractivity contribution in [3.63, 3.8) is 0 Å². The summed E-state index contributed by atoms with van der Waals surface area (Å²) in [4.78, 5) is 9.29. The van der Waals surface area contributed by atoms with Crippen LogP contribution >= 0.6 is 39.7 Å². The topological polar surface area (TPSA) is 36.3 Å². The van der Waals surface area contributed by atoms with Crippen LogP contribution in [-0.2, 0) is 0 Å². The summed E-state index contributed by atoms with van der Waals surface area (Å²) in [6.45, 7) is 4.40. The Balaban J connectivity index is 1.42. The van der Waals surface area contributed by atoms with Gasteiger partial charge in [0, 0.05) is 47.0 Å². The fourth-order valence-corrected chi connectivity index (χ4v) is 6.46. The number of thiocarbonyl (C=S) groups is 1. The van der Waals surface area contributed by atoms with Gasteiger partial charge in [0.2, 0.25) is 0 Å². The van der Waals surface area contributed by atoms with Crippen molar-refractivity contribution in [2.45, 2.75) is 31.8 Å². The van der Waals surface area contributed by atoms with Gasteiger partial charge in [-0.25, -0.2) is 0 Å². The third-order valence-corrected chi connectivity index (χ3v) is 8.77. The minimum atomic E-state index is -0.131. The summed E-state index contributed by atoms with van der Waals surface area (Å²) in [5, 5.41) is 4.98. The average Bonchev–Trinajstić information content (AvgIpc) is 3.54. The fourth-order valence-electron chi connectivity index (χ4n) is 5.56. The van der Waals surface area contributed by atoms with Crippen LogP contribution in [0.25, 0.3) is 5.69 Å². The number of benzene rings is 2. The van der Waals surface area contributed by atoms with E-state index in [2.05, 4.69) is 109 Å². The van der Waals surface area contributed by atoms with Crippen LogP contribution in [0.4, 0.5) is 11.4 Å². The average molecular weight is 607 g/mol. The highest BCUT2D eigenvalue weighted by molar-refractivity contribution is 9.10. The van der Waals surface area contributed by atoms with E-state index < -0.39 is 0 Å². The lowest BCUT2D eigenvalue weighted by molar-refractivity contribution is 0.438. The Bertz CT molecular complexity index is 1430. The lowest BCUT2D eigenvalue weighted by Gasteiger charge is -2.33. The minimum Gasteiger partial charge on any atom is -0.370 e. The number of nitrogens with one attached hydrogen (secondary N) is 1. The first-order valence-corrected chi connectivity index (χ1v) is 14.6. The summed E-state index contributed by atoms with van der Waals surface area (Å²) in [6, 6.07) is 24.7. The molecule has 2 atom stereocenters. The standard InChI is InChI=1S/C30H29BrClN5S/c1-20-13-17-35(18-14-20)26-12-11-23(19-24(26)32)37-29(28(34-30(37)38)25-5-2-3-15-33-25)27-6-4-16-36(27)22-9-7-21(31)8-10-22/h2-12,15-16,19-20,28-29H,13-14,17-18H2,1H3,(H,34,38)/t28-,29-/m0/s1. The number of pyridine rings is 1. The van der Waals surface area contributed by atoms with Gasteiger partial charge in [-0.1, -0.05) is 40.5 Å². The molecular formula is C30H29BrClN5S. The Kier molecular flexibility index (Phi) is 7.16. The van der Waals surface area contributed by atoms with Crippen molar-refractivity contribution in [1.29, 1.82) is 0 Å². The van der Waals surface area contributed by atoms with E-state index in [1.807, 2.05) is 18.3 Å². The molecule has 4 aromatic rings. The maximum Gasteiger partial charge on any atom is 0.174 e. The Hall–Kier alpha value is -2.87.